The summed E-state index contributed by atoms with van der Waals surface area (Å²) in [6, 6.07) is 2.25. The molecule has 2 aromatic rings. The lowest BCUT2D eigenvalue weighted by Crippen LogP contribution is -2.09. The summed E-state index contributed by atoms with van der Waals surface area (Å²) in [6.07, 6.45) is 5.28. The van der Waals surface area contributed by atoms with Crippen molar-refractivity contribution in [1.29, 1.82) is 5.26 Å². The molecular weight excluding hydrogens is 252 g/mol. The molecule has 6 heteroatoms. The maximum Gasteiger partial charge on any atom is 0.167 e. The Kier molecular flexibility index (Phi) is 4.31. The van der Waals surface area contributed by atoms with Crippen LogP contribution in [0.15, 0.2) is 12.4 Å². The lowest BCUT2D eigenvalue weighted by Gasteiger charge is -2.11. The van der Waals surface area contributed by atoms with Crippen LogP contribution in [0.4, 0.5) is 5.82 Å². The van der Waals surface area contributed by atoms with Crippen LogP contribution < -0.4 is 5.32 Å². The van der Waals surface area contributed by atoms with Crippen molar-refractivity contribution in [2.75, 3.05) is 5.32 Å². The zero-order valence-electron chi connectivity index (χ0n) is 12.0. The molecule has 2 rings (SSSR count). The van der Waals surface area contributed by atoms with E-state index in [2.05, 4.69) is 26.7 Å². The first-order valence-corrected chi connectivity index (χ1v) is 6.69. The molecule has 0 saturated heterocycles. The molecule has 0 aliphatic heterocycles. The van der Waals surface area contributed by atoms with E-state index in [-0.39, 0.29) is 0 Å². The zero-order chi connectivity index (χ0) is 14.5. The van der Waals surface area contributed by atoms with E-state index in [1.54, 1.807) is 10.9 Å². The van der Waals surface area contributed by atoms with Crippen molar-refractivity contribution in [3.05, 3.63) is 34.8 Å². The van der Waals surface area contributed by atoms with Crippen LogP contribution in [0.25, 0.3) is 0 Å². The van der Waals surface area contributed by atoms with Crippen LogP contribution in [0.2, 0.25) is 0 Å². The molecule has 0 aliphatic rings. The van der Waals surface area contributed by atoms with Crippen LogP contribution in [0.1, 0.15) is 36.2 Å². The number of nitrogens with zero attached hydrogens (tertiary/aromatic N) is 5. The Hall–Kier alpha value is -2.42. The van der Waals surface area contributed by atoms with Gasteiger partial charge in [0.2, 0.25) is 0 Å². The highest BCUT2D eigenvalue weighted by molar-refractivity contribution is 5.56. The minimum atomic E-state index is 0.547. The number of hydrogen-bond acceptors (Lipinski definition) is 5. The summed E-state index contributed by atoms with van der Waals surface area (Å²) in [5.41, 5.74) is 3.52. The predicted molar refractivity (Wildman–Crippen MR) is 76.0 cm³/mol. The average molecular weight is 270 g/mol. The zero-order valence-corrected chi connectivity index (χ0v) is 12.0. The van der Waals surface area contributed by atoms with Crippen LogP contribution in [0.5, 0.6) is 0 Å². The van der Waals surface area contributed by atoms with Gasteiger partial charge in [-0.25, -0.2) is 0 Å². The molecule has 104 valence electrons. The lowest BCUT2D eigenvalue weighted by molar-refractivity contribution is 0.767. The molecule has 0 aliphatic carbocycles. The highest BCUT2D eigenvalue weighted by Gasteiger charge is 2.14. The molecule has 20 heavy (non-hydrogen) atoms. The van der Waals surface area contributed by atoms with E-state index in [0.717, 1.165) is 29.7 Å². The topological polar surface area (TPSA) is 79.4 Å². The first-order valence-electron chi connectivity index (χ1n) is 6.69. The first-order chi connectivity index (χ1) is 9.69. The Labute approximate surface area is 118 Å². The summed E-state index contributed by atoms with van der Waals surface area (Å²) >= 11 is 0. The summed E-state index contributed by atoms with van der Waals surface area (Å²) in [4.78, 5) is 0. The van der Waals surface area contributed by atoms with Gasteiger partial charge in [-0.1, -0.05) is 13.8 Å². The molecule has 0 saturated carbocycles. The van der Waals surface area contributed by atoms with E-state index < -0.39 is 0 Å². The third-order valence-electron chi connectivity index (χ3n) is 3.18. The monoisotopic (exact) mass is 270 g/mol. The normalized spacial score (nSPS) is 10.3. The van der Waals surface area contributed by atoms with Crippen molar-refractivity contribution in [2.45, 2.75) is 33.2 Å². The smallest absolute Gasteiger partial charge is 0.167 e. The van der Waals surface area contributed by atoms with Crippen molar-refractivity contribution in [2.24, 2.45) is 7.05 Å². The molecule has 0 fully saturated rings. The second kappa shape index (κ2) is 6.15. The molecule has 2 heterocycles. The molecule has 0 atom stereocenters. The largest absolute Gasteiger partial charge is 0.363 e. The molecule has 0 bridgehead atoms. The van der Waals surface area contributed by atoms with Crippen molar-refractivity contribution < 1.29 is 0 Å². The first kappa shape index (κ1) is 14.0. The third kappa shape index (κ3) is 2.77. The predicted octanol–water partition coefficient (Wildman–Crippen LogP) is 1.82. The summed E-state index contributed by atoms with van der Waals surface area (Å²) in [5.74, 6) is 0.547. The third-order valence-corrected chi connectivity index (χ3v) is 3.18. The lowest BCUT2D eigenvalue weighted by atomic mass is 10.0. The maximum atomic E-state index is 9.38. The molecule has 6 nitrogen and oxygen atoms in total. The van der Waals surface area contributed by atoms with E-state index >= 15 is 0 Å². The number of aryl methyl sites for hydroxylation is 2. The minimum Gasteiger partial charge on any atom is -0.363 e. The number of aromatic nitrogens is 4. The Morgan fingerprint density at radius 3 is 2.65 bits per heavy atom. The van der Waals surface area contributed by atoms with E-state index in [1.807, 2.05) is 27.1 Å². The van der Waals surface area contributed by atoms with Crippen LogP contribution >= 0.6 is 0 Å². The van der Waals surface area contributed by atoms with Gasteiger partial charge in [0.05, 0.1) is 11.9 Å². The molecule has 0 spiro atoms. The van der Waals surface area contributed by atoms with Crippen LogP contribution in [0.3, 0.4) is 0 Å². The molecular formula is C14H18N6. The van der Waals surface area contributed by atoms with Crippen molar-refractivity contribution in [3.63, 3.8) is 0 Å². The van der Waals surface area contributed by atoms with Gasteiger partial charge >= 0.3 is 0 Å². The van der Waals surface area contributed by atoms with Gasteiger partial charge in [-0.15, -0.1) is 5.10 Å². The van der Waals surface area contributed by atoms with Gasteiger partial charge < -0.3 is 5.32 Å². The Morgan fingerprint density at radius 2 is 2.10 bits per heavy atom. The second-order valence-electron chi connectivity index (χ2n) is 4.54. The quantitative estimate of drug-likeness (QED) is 0.896. The number of hydrogen-bond donors (Lipinski definition) is 1. The van der Waals surface area contributed by atoms with Gasteiger partial charge in [0.15, 0.2) is 5.82 Å². The average Bonchev–Trinajstić information content (AvgIpc) is 2.89. The van der Waals surface area contributed by atoms with Gasteiger partial charge in [0.1, 0.15) is 11.6 Å². The Bertz CT molecular complexity index is 638. The number of rotatable bonds is 5. The van der Waals surface area contributed by atoms with E-state index in [1.165, 1.54) is 0 Å². The van der Waals surface area contributed by atoms with Crippen molar-refractivity contribution in [3.8, 4) is 6.07 Å². The van der Waals surface area contributed by atoms with Gasteiger partial charge in [-0.05, 0) is 18.4 Å². The number of nitriles is 1. The second-order valence-corrected chi connectivity index (χ2v) is 4.54. The number of anilines is 1. The van der Waals surface area contributed by atoms with Gasteiger partial charge in [-0.2, -0.15) is 15.5 Å². The highest BCUT2D eigenvalue weighted by Crippen LogP contribution is 2.20. The number of nitrogens with one attached hydrogen (secondary N) is 1. The van der Waals surface area contributed by atoms with Crippen LogP contribution in [-0.4, -0.2) is 20.0 Å². The minimum absolute atomic E-state index is 0.547. The summed E-state index contributed by atoms with van der Waals surface area (Å²) in [6.45, 7) is 4.63. The molecule has 0 unspecified atom stereocenters. The molecule has 1 N–H and O–H groups in total. The van der Waals surface area contributed by atoms with Crippen LogP contribution in [-0.2, 0) is 26.4 Å². The van der Waals surface area contributed by atoms with Gasteiger partial charge in [-0.3, -0.25) is 4.68 Å². The van der Waals surface area contributed by atoms with Gasteiger partial charge in [0.25, 0.3) is 0 Å². The van der Waals surface area contributed by atoms with E-state index in [0.29, 0.717) is 17.9 Å². The standard InChI is InChI=1S/C14H18N6/c1-4-11-12(6-15)14(19-18-13(11)5-2)16-7-10-8-17-20(3)9-10/h8-9H,4-5,7H2,1-3H3,(H,16,19). The van der Waals surface area contributed by atoms with E-state index in [4.69, 9.17) is 0 Å². The molecule has 0 radical (unpaired) electrons. The molecule has 0 amide bonds. The molecule has 0 aromatic carbocycles. The molecule has 2 aromatic heterocycles. The summed E-state index contributed by atoms with van der Waals surface area (Å²) in [5, 5.41) is 25.0. The van der Waals surface area contributed by atoms with Crippen LogP contribution in [0, 0.1) is 11.3 Å². The fourth-order valence-corrected chi connectivity index (χ4v) is 2.17. The Balaban J connectivity index is 2.25. The van der Waals surface area contributed by atoms with Gasteiger partial charge in [0, 0.05) is 25.4 Å². The summed E-state index contributed by atoms with van der Waals surface area (Å²) in [7, 11) is 1.87. The SMILES string of the molecule is CCc1nnc(NCc2cnn(C)c2)c(C#N)c1CC. The van der Waals surface area contributed by atoms with Crippen molar-refractivity contribution in [1.82, 2.24) is 20.0 Å². The highest BCUT2D eigenvalue weighted by atomic mass is 15.2. The Morgan fingerprint density at radius 1 is 1.30 bits per heavy atom. The van der Waals surface area contributed by atoms with Crippen molar-refractivity contribution >= 4 is 5.82 Å². The fourth-order valence-electron chi connectivity index (χ4n) is 2.17. The maximum absolute atomic E-state index is 9.38. The summed E-state index contributed by atoms with van der Waals surface area (Å²) < 4.78 is 1.74. The fraction of sp³-hybridized carbons (Fsp3) is 0.429. The van der Waals surface area contributed by atoms with E-state index in [9.17, 15) is 5.26 Å².